The summed E-state index contributed by atoms with van der Waals surface area (Å²) in [5, 5.41) is 9.31. The largest absolute Gasteiger partial charge is 0.489 e. The number of nitrogens with zero attached hydrogens (tertiary/aromatic N) is 1. The molecule has 1 aromatic carbocycles. The monoisotopic (exact) mass is 299 g/mol. The van der Waals surface area contributed by atoms with Crippen molar-refractivity contribution >= 4 is 11.6 Å². The van der Waals surface area contributed by atoms with Crippen LogP contribution < -0.4 is 4.74 Å². The molecule has 112 valence electrons. The molecule has 0 bridgehead atoms. The Kier molecular flexibility index (Phi) is 6.60. The fourth-order valence-electron chi connectivity index (χ4n) is 2.33. The molecule has 0 saturated carbocycles. The zero-order valence-electron chi connectivity index (χ0n) is 11.6. The van der Waals surface area contributed by atoms with E-state index >= 15 is 0 Å². The summed E-state index contributed by atoms with van der Waals surface area (Å²) in [6, 6.07) is 7.61. The van der Waals surface area contributed by atoms with E-state index < -0.39 is 0 Å². The minimum Gasteiger partial charge on any atom is -0.489 e. The van der Waals surface area contributed by atoms with E-state index in [9.17, 15) is 0 Å². The van der Waals surface area contributed by atoms with Crippen LogP contribution in [0, 0.1) is 0 Å². The lowest BCUT2D eigenvalue weighted by atomic mass is 10.1. The van der Waals surface area contributed by atoms with Gasteiger partial charge < -0.3 is 19.5 Å². The van der Waals surface area contributed by atoms with Crippen LogP contribution in [0.5, 0.6) is 5.75 Å². The average molecular weight is 300 g/mol. The molecule has 0 spiro atoms. The van der Waals surface area contributed by atoms with Crippen LogP contribution in [0.25, 0.3) is 0 Å². The van der Waals surface area contributed by atoms with Gasteiger partial charge in [-0.3, -0.25) is 0 Å². The second-order valence-corrected chi connectivity index (χ2v) is 5.33. The average Bonchev–Trinajstić information content (AvgIpc) is 2.48. The minimum absolute atomic E-state index is 0.0910. The number of hydrogen-bond acceptors (Lipinski definition) is 4. The smallest absolute Gasteiger partial charge is 0.138 e. The lowest BCUT2D eigenvalue weighted by molar-refractivity contribution is 0.0519. The molecule has 0 amide bonds. The fraction of sp³-hybridized carbons (Fsp3) is 0.600. The van der Waals surface area contributed by atoms with E-state index in [0.717, 1.165) is 38.2 Å². The van der Waals surface area contributed by atoms with Gasteiger partial charge in [0.25, 0.3) is 0 Å². The first-order valence-electron chi connectivity index (χ1n) is 7.11. The number of piperidine rings is 1. The van der Waals surface area contributed by atoms with Crippen molar-refractivity contribution in [1.29, 1.82) is 0 Å². The predicted molar refractivity (Wildman–Crippen MR) is 79.4 cm³/mol. The number of benzene rings is 1. The van der Waals surface area contributed by atoms with Crippen LogP contribution in [0.1, 0.15) is 12.8 Å². The van der Waals surface area contributed by atoms with E-state index in [-0.39, 0.29) is 12.7 Å². The summed E-state index contributed by atoms with van der Waals surface area (Å²) in [6.45, 7) is 4.13. The van der Waals surface area contributed by atoms with Crippen molar-refractivity contribution in [3.8, 4) is 5.75 Å². The van der Waals surface area contributed by atoms with E-state index in [1.165, 1.54) is 0 Å². The van der Waals surface area contributed by atoms with Crippen molar-refractivity contribution < 1.29 is 14.6 Å². The van der Waals surface area contributed by atoms with Gasteiger partial charge in [-0.1, -0.05) is 23.7 Å². The maximum atomic E-state index is 8.63. The van der Waals surface area contributed by atoms with Crippen LogP contribution in [0.2, 0.25) is 5.02 Å². The van der Waals surface area contributed by atoms with Gasteiger partial charge in [-0.25, -0.2) is 0 Å². The summed E-state index contributed by atoms with van der Waals surface area (Å²) < 4.78 is 11.2. The SMILES string of the molecule is OCCOCCN1CCC(Oc2ccccc2Cl)CC1. The first-order valence-corrected chi connectivity index (χ1v) is 7.49. The van der Waals surface area contributed by atoms with Gasteiger partial charge in [-0.05, 0) is 25.0 Å². The molecule has 0 aromatic heterocycles. The Morgan fingerprint density at radius 3 is 2.65 bits per heavy atom. The molecular weight excluding hydrogens is 278 g/mol. The number of rotatable bonds is 7. The lowest BCUT2D eigenvalue weighted by Crippen LogP contribution is -2.39. The first-order chi connectivity index (χ1) is 9.79. The van der Waals surface area contributed by atoms with Crippen molar-refractivity contribution in [2.24, 2.45) is 0 Å². The van der Waals surface area contributed by atoms with Gasteiger partial charge in [0.1, 0.15) is 11.9 Å². The number of ether oxygens (including phenoxy) is 2. The highest BCUT2D eigenvalue weighted by Crippen LogP contribution is 2.26. The molecule has 20 heavy (non-hydrogen) atoms. The van der Waals surface area contributed by atoms with Gasteiger partial charge in [0.15, 0.2) is 0 Å². The second-order valence-electron chi connectivity index (χ2n) is 4.93. The molecule has 0 unspecified atom stereocenters. The Balaban J connectivity index is 1.68. The third-order valence-corrected chi connectivity index (χ3v) is 3.76. The Morgan fingerprint density at radius 2 is 1.95 bits per heavy atom. The summed E-state index contributed by atoms with van der Waals surface area (Å²) in [6.07, 6.45) is 2.25. The van der Waals surface area contributed by atoms with Crippen LogP contribution in [0.15, 0.2) is 24.3 Å². The molecule has 4 nitrogen and oxygen atoms in total. The first kappa shape index (κ1) is 15.6. The maximum absolute atomic E-state index is 8.63. The van der Waals surface area contributed by atoms with Gasteiger partial charge in [-0.2, -0.15) is 0 Å². The third kappa shape index (κ3) is 4.94. The molecule has 1 fully saturated rings. The van der Waals surface area contributed by atoms with Crippen molar-refractivity contribution in [3.05, 3.63) is 29.3 Å². The van der Waals surface area contributed by atoms with Gasteiger partial charge in [0.2, 0.25) is 0 Å². The number of para-hydroxylation sites is 1. The summed E-state index contributed by atoms with van der Waals surface area (Å²) >= 11 is 6.10. The Bertz CT molecular complexity index is 394. The van der Waals surface area contributed by atoms with Crippen molar-refractivity contribution in [2.45, 2.75) is 18.9 Å². The maximum Gasteiger partial charge on any atom is 0.138 e. The number of hydrogen-bond donors (Lipinski definition) is 1. The van der Waals surface area contributed by atoms with E-state index in [2.05, 4.69) is 4.90 Å². The molecule has 5 heteroatoms. The van der Waals surface area contributed by atoms with E-state index in [4.69, 9.17) is 26.2 Å². The predicted octanol–water partition coefficient (Wildman–Crippen LogP) is 2.19. The number of halogens is 1. The summed E-state index contributed by atoms with van der Waals surface area (Å²) in [7, 11) is 0. The van der Waals surface area contributed by atoms with Gasteiger partial charge in [0.05, 0.1) is 24.8 Å². The van der Waals surface area contributed by atoms with Crippen molar-refractivity contribution in [2.75, 3.05) is 39.5 Å². The van der Waals surface area contributed by atoms with Crippen LogP contribution in [-0.2, 0) is 4.74 Å². The van der Waals surface area contributed by atoms with Crippen molar-refractivity contribution in [1.82, 2.24) is 4.90 Å². The second kappa shape index (κ2) is 8.47. The van der Waals surface area contributed by atoms with E-state index in [1.807, 2.05) is 24.3 Å². The zero-order chi connectivity index (χ0) is 14.2. The number of aliphatic hydroxyl groups excluding tert-OH is 1. The molecule has 0 aliphatic carbocycles. The highest BCUT2D eigenvalue weighted by atomic mass is 35.5. The highest BCUT2D eigenvalue weighted by Gasteiger charge is 2.20. The zero-order valence-corrected chi connectivity index (χ0v) is 12.4. The highest BCUT2D eigenvalue weighted by molar-refractivity contribution is 6.32. The molecule has 1 saturated heterocycles. The lowest BCUT2D eigenvalue weighted by Gasteiger charge is -2.32. The van der Waals surface area contributed by atoms with Crippen molar-refractivity contribution in [3.63, 3.8) is 0 Å². The van der Waals surface area contributed by atoms with E-state index in [1.54, 1.807) is 0 Å². The Hall–Kier alpha value is -0.810. The van der Waals surface area contributed by atoms with Gasteiger partial charge >= 0.3 is 0 Å². The molecule has 1 heterocycles. The fourth-order valence-corrected chi connectivity index (χ4v) is 2.51. The molecular formula is C15H22ClNO3. The number of aliphatic hydroxyl groups is 1. The molecule has 1 aliphatic rings. The van der Waals surface area contributed by atoms with Crippen LogP contribution in [0.4, 0.5) is 0 Å². The molecule has 2 rings (SSSR count). The summed E-state index contributed by atoms with van der Waals surface area (Å²) in [5.74, 6) is 0.777. The summed E-state index contributed by atoms with van der Waals surface area (Å²) in [4.78, 5) is 2.36. The number of likely N-dealkylation sites (tertiary alicyclic amines) is 1. The normalized spacial score (nSPS) is 17.3. The quantitative estimate of drug-likeness (QED) is 0.784. The molecule has 1 aliphatic heterocycles. The van der Waals surface area contributed by atoms with Crippen LogP contribution >= 0.6 is 11.6 Å². The van der Waals surface area contributed by atoms with Gasteiger partial charge in [-0.15, -0.1) is 0 Å². The molecule has 0 atom stereocenters. The van der Waals surface area contributed by atoms with Crippen LogP contribution in [-0.4, -0.2) is 55.6 Å². The minimum atomic E-state index is 0.0910. The molecule has 1 aromatic rings. The van der Waals surface area contributed by atoms with E-state index in [0.29, 0.717) is 18.2 Å². The molecule has 0 radical (unpaired) electrons. The Labute approximate surface area is 125 Å². The van der Waals surface area contributed by atoms with Crippen LogP contribution in [0.3, 0.4) is 0 Å². The molecule has 1 N–H and O–H groups in total. The Morgan fingerprint density at radius 1 is 1.20 bits per heavy atom. The topological polar surface area (TPSA) is 41.9 Å². The standard InChI is InChI=1S/C15H22ClNO3/c16-14-3-1-2-4-15(14)20-13-5-7-17(8-6-13)9-11-19-12-10-18/h1-4,13,18H,5-12H2. The summed E-state index contributed by atoms with van der Waals surface area (Å²) in [5.41, 5.74) is 0. The third-order valence-electron chi connectivity index (χ3n) is 3.45. The van der Waals surface area contributed by atoms with Gasteiger partial charge in [0, 0.05) is 19.6 Å².